The normalized spacial score (nSPS) is 27.4. The van der Waals surface area contributed by atoms with E-state index in [1.54, 1.807) is 13.0 Å². The van der Waals surface area contributed by atoms with E-state index in [-0.39, 0.29) is 17.3 Å². The summed E-state index contributed by atoms with van der Waals surface area (Å²) in [5.41, 5.74) is 1.83. The highest BCUT2D eigenvalue weighted by Crippen LogP contribution is 2.57. The number of hydrogen-bond donors (Lipinski definition) is 1. The van der Waals surface area contributed by atoms with Crippen molar-refractivity contribution < 1.29 is 24.2 Å². The van der Waals surface area contributed by atoms with Gasteiger partial charge in [0.2, 0.25) is 0 Å². The highest BCUT2D eigenvalue weighted by Gasteiger charge is 2.57. The van der Waals surface area contributed by atoms with Gasteiger partial charge >= 0.3 is 0 Å². The molecule has 142 valence electrons. The number of hydrogen-bond acceptors (Lipinski definition) is 5. The zero-order valence-corrected chi connectivity index (χ0v) is 17.0. The molecule has 3 rings (SSSR count). The van der Waals surface area contributed by atoms with E-state index in [0.717, 1.165) is 5.57 Å². The Kier molecular flexibility index (Phi) is 5.04. The zero-order chi connectivity index (χ0) is 19.9. The summed E-state index contributed by atoms with van der Waals surface area (Å²) in [7, 11) is 2.96. The lowest BCUT2D eigenvalue weighted by Crippen LogP contribution is -2.53. The minimum atomic E-state index is -1.18. The van der Waals surface area contributed by atoms with Crippen LogP contribution in [0.4, 0.5) is 0 Å². The summed E-state index contributed by atoms with van der Waals surface area (Å²) in [6.45, 7) is 5.55. The Morgan fingerprint density at radius 1 is 1.26 bits per heavy atom. The number of ketones is 2. The molecule has 3 atom stereocenters. The fourth-order valence-electron chi connectivity index (χ4n) is 4.04. The lowest BCUT2D eigenvalue weighted by molar-refractivity contribution is -0.128. The van der Waals surface area contributed by atoms with Gasteiger partial charge in [-0.2, -0.15) is 0 Å². The van der Waals surface area contributed by atoms with Crippen LogP contribution in [0.1, 0.15) is 24.8 Å². The van der Waals surface area contributed by atoms with E-state index in [2.05, 4.69) is 22.5 Å². The predicted octanol–water partition coefficient (Wildman–Crippen LogP) is 3.86. The van der Waals surface area contributed by atoms with Gasteiger partial charge in [-0.15, -0.1) is 0 Å². The van der Waals surface area contributed by atoms with Crippen molar-refractivity contribution in [2.24, 2.45) is 5.92 Å². The molecule has 2 aliphatic rings. The SMILES string of the molecule is C=CC1=CCC2C(=O)C(C)=CC(=O)C2(Br)C1c1c(OC)cc(O)cc1OC. The van der Waals surface area contributed by atoms with Gasteiger partial charge < -0.3 is 14.6 Å². The summed E-state index contributed by atoms with van der Waals surface area (Å²) >= 11 is 3.66. The fourth-order valence-corrected chi connectivity index (χ4v) is 5.04. The summed E-state index contributed by atoms with van der Waals surface area (Å²) in [4.78, 5) is 26.0. The molecule has 0 saturated carbocycles. The number of halogens is 1. The molecule has 1 aromatic rings. The number of rotatable bonds is 4. The van der Waals surface area contributed by atoms with Gasteiger partial charge in [0.15, 0.2) is 11.6 Å². The largest absolute Gasteiger partial charge is 0.508 e. The molecule has 0 amide bonds. The molecular formula is C21H21BrO5. The van der Waals surface area contributed by atoms with Crippen LogP contribution in [-0.4, -0.2) is 35.2 Å². The van der Waals surface area contributed by atoms with Crippen molar-refractivity contribution in [1.82, 2.24) is 0 Å². The number of allylic oxidation sites excluding steroid dienone is 5. The van der Waals surface area contributed by atoms with E-state index in [0.29, 0.717) is 29.1 Å². The number of carbonyl (C=O) groups excluding carboxylic acids is 2. The first kappa shape index (κ1) is 19.4. The average Bonchev–Trinajstić information content (AvgIpc) is 2.65. The number of ether oxygens (including phenoxy) is 2. The number of phenolic OH excluding ortho intramolecular Hbond substituents is 1. The molecule has 0 heterocycles. The summed E-state index contributed by atoms with van der Waals surface area (Å²) in [6.07, 6.45) is 5.43. The van der Waals surface area contributed by atoms with Gasteiger partial charge in [0, 0.05) is 29.5 Å². The highest BCUT2D eigenvalue weighted by molar-refractivity contribution is 9.10. The number of aromatic hydroxyl groups is 1. The third-order valence-corrected chi connectivity index (χ3v) is 6.73. The smallest absolute Gasteiger partial charge is 0.174 e. The average molecular weight is 433 g/mol. The Bertz CT molecular complexity index is 873. The fraction of sp³-hybridized carbons (Fsp3) is 0.333. The maximum Gasteiger partial charge on any atom is 0.174 e. The summed E-state index contributed by atoms with van der Waals surface area (Å²) in [5, 5.41) is 9.99. The lowest BCUT2D eigenvalue weighted by Gasteiger charge is -2.45. The van der Waals surface area contributed by atoms with Gasteiger partial charge in [-0.1, -0.05) is 34.7 Å². The second-order valence-corrected chi connectivity index (χ2v) is 8.03. The third kappa shape index (κ3) is 2.83. The number of alkyl halides is 1. The Hall–Kier alpha value is -2.34. The Labute approximate surface area is 166 Å². The van der Waals surface area contributed by atoms with Gasteiger partial charge in [-0.3, -0.25) is 9.59 Å². The number of phenols is 1. The molecule has 27 heavy (non-hydrogen) atoms. The van der Waals surface area contributed by atoms with Crippen molar-refractivity contribution in [1.29, 1.82) is 0 Å². The number of Topliss-reactive ketones (excluding diaryl/α,β-unsaturated/α-hetero) is 1. The second-order valence-electron chi connectivity index (χ2n) is 6.72. The monoisotopic (exact) mass is 432 g/mol. The summed E-state index contributed by atoms with van der Waals surface area (Å²) in [6, 6.07) is 2.93. The van der Waals surface area contributed by atoms with Crippen LogP contribution < -0.4 is 9.47 Å². The first-order chi connectivity index (χ1) is 12.8. The molecule has 1 aromatic carbocycles. The molecule has 0 bridgehead atoms. The molecule has 1 N–H and O–H groups in total. The summed E-state index contributed by atoms with van der Waals surface area (Å²) < 4.78 is 9.80. The molecule has 0 saturated heterocycles. The van der Waals surface area contributed by atoms with Crippen LogP contribution in [0.3, 0.4) is 0 Å². The van der Waals surface area contributed by atoms with Crippen molar-refractivity contribution in [3.8, 4) is 17.2 Å². The van der Waals surface area contributed by atoms with Gasteiger partial charge in [-0.25, -0.2) is 0 Å². The zero-order valence-electron chi connectivity index (χ0n) is 15.4. The number of fused-ring (bicyclic) bond motifs is 1. The van der Waals surface area contributed by atoms with Crippen LogP contribution in [0.2, 0.25) is 0 Å². The maximum atomic E-state index is 13.1. The summed E-state index contributed by atoms with van der Waals surface area (Å²) in [5.74, 6) is -0.640. The lowest BCUT2D eigenvalue weighted by atomic mass is 9.62. The first-order valence-corrected chi connectivity index (χ1v) is 9.32. The van der Waals surface area contributed by atoms with E-state index >= 15 is 0 Å². The molecule has 2 aliphatic carbocycles. The Morgan fingerprint density at radius 3 is 2.37 bits per heavy atom. The molecule has 0 spiro atoms. The minimum Gasteiger partial charge on any atom is -0.508 e. The molecule has 0 radical (unpaired) electrons. The van der Waals surface area contributed by atoms with E-state index < -0.39 is 16.2 Å². The molecule has 0 aromatic heterocycles. The van der Waals surface area contributed by atoms with E-state index in [1.807, 2.05) is 6.08 Å². The van der Waals surface area contributed by atoms with Crippen molar-refractivity contribution >= 4 is 27.5 Å². The first-order valence-electron chi connectivity index (χ1n) is 8.52. The van der Waals surface area contributed by atoms with E-state index in [4.69, 9.17) is 9.47 Å². The second kappa shape index (κ2) is 7.00. The van der Waals surface area contributed by atoms with Crippen LogP contribution in [0.25, 0.3) is 0 Å². The van der Waals surface area contributed by atoms with Crippen LogP contribution in [0, 0.1) is 5.92 Å². The van der Waals surface area contributed by atoms with Gasteiger partial charge in [-0.05, 0) is 30.6 Å². The van der Waals surface area contributed by atoms with Crippen LogP contribution in [-0.2, 0) is 9.59 Å². The molecule has 0 aliphatic heterocycles. The van der Waals surface area contributed by atoms with Gasteiger partial charge in [0.05, 0.1) is 14.2 Å². The number of methoxy groups -OCH3 is 2. The third-order valence-electron chi connectivity index (χ3n) is 5.33. The number of carbonyl (C=O) groups is 2. The molecule has 3 unspecified atom stereocenters. The van der Waals surface area contributed by atoms with Crippen LogP contribution in [0.5, 0.6) is 17.2 Å². The van der Waals surface area contributed by atoms with Crippen molar-refractivity contribution in [3.63, 3.8) is 0 Å². The Morgan fingerprint density at radius 2 is 1.85 bits per heavy atom. The highest BCUT2D eigenvalue weighted by atomic mass is 79.9. The maximum absolute atomic E-state index is 13.1. The predicted molar refractivity (Wildman–Crippen MR) is 106 cm³/mol. The molecule has 0 fully saturated rings. The van der Waals surface area contributed by atoms with E-state index in [1.165, 1.54) is 32.4 Å². The minimum absolute atomic E-state index is 0.0191. The van der Waals surface area contributed by atoms with Gasteiger partial charge in [0.1, 0.15) is 21.6 Å². The molecule has 6 heteroatoms. The molecule has 5 nitrogen and oxygen atoms in total. The topological polar surface area (TPSA) is 72.8 Å². The Balaban J connectivity index is 2.34. The standard InChI is InChI=1S/C21H21BrO5/c1-5-12-6-7-14-20(25)11(2)8-17(24)21(14,22)19(12)18-15(26-3)9-13(23)10-16(18)27-4/h5-6,8-10,14,19,23H,1,7H2,2-4H3. The number of benzene rings is 1. The molecular weight excluding hydrogens is 412 g/mol. The van der Waals surface area contributed by atoms with Crippen molar-refractivity contribution in [2.45, 2.75) is 23.6 Å². The van der Waals surface area contributed by atoms with Crippen LogP contribution >= 0.6 is 15.9 Å². The van der Waals surface area contributed by atoms with Crippen molar-refractivity contribution in [2.75, 3.05) is 14.2 Å². The van der Waals surface area contributed by atoms with E-state index in [9.17, 15) is 14.7 Å². The van der Waals surface area contributed by atoms with Crippen LogP contribution in [0.15, 0.2) is 48.1 Å². The van der Waals surface area contributed by atoms with Crippen molar-refractivity contribution in [3.05, 3.63) is 53.6 Å². The quantitative estimate of drug-likeness (QED) is 0.731. The van der Waals surface area contributed by atoms with Gasteiger partial charge in [0.25, 0.3) is 0 Å².